The number of benzene rings is 2. The first-order valence-electron chi connectivity index (χ1n) is 15.5. The molecule has 0 unspecified atom stereocenters. The molecule has 1 aliphatic heterocycles. The fourth-order valence-corrected chi connectivity index (χ4v) is 6.02. The minimum atomic E-state index is -1.17. The number of aryl methyl sites for hydroxylation is 1. The van der Waals surface area contributed by atoms with Gasteiger partial charge in [0.15, 0.2) is 11.5 Å². The lowest BCUT2D eigenvalue weighted by molar-refractivity contribution is 0.0684. The number of carboxylic acids is 1. The molecule has 1 saturated heterocycles. The van der Waals surface area contributed by atoms with E-state index in [2.05, 4.69) is 49.3 Å². The van der Waals surface area contributed by atoms with E-state index >= 15 is 0 Å². The molecule has 11 heteroatoms. The summed E-state index contributed by atoms with van der Waals surface area (Å²) in [7, 11) is 2.17. The molecule has 2 aromatic heterocycles. The number of aromatic carboxylic acids is 1. The summed E-state index contributed by atoms with van der Waals surface area (Å²) in [6.45, 7) is 11.2. The van der Waals surface area contributed by atoms with Gasteiger partial charge < -0.3 is 29.1 Å². The van der Waals surface area contributed by atoms with Crippen molar-refractivity contribution >= 4 is 34.6 Å². The summed E-state index contributed by atoms with van der Waals surface area (Å²) in [6, 6.07) is 14.2. The highest BCUT2D eigenvalue weighted by molar-refractivity contribution is 6.30. The van der Waals surface area contributed by atoms with Gasteiger partial charge in [0.25, 0.3) is 0 Å². The third-order valence-electron chi connectivity index (χ3n) is 8.48. The Labute approximate surface area is 263 Å². The second-order valence-electron chi connectivity index (χ2n) is 11.9. The second-order valence-corrected chi connectivity index (χ2v) is 12.3. The van der Waals surface area contributed by atoms with Gasteiger partial charge in [0.2, 0.25) is 5.82 Å². The zero-order valence-corrected chi connectivity index (χ0v) is 26.4. The van der Waals surface area contributed by atoms with Crippen LogP contribution in [0.4, 0.5) is 5.82 Å². The Bertz CT molecular complexity index is 1630. The van der Waals surface area contributed by atoms with Gasteiger partial charge in [0, 0.05) is 56.9 Å². The number of fused-ring (bicyclic) bond motifs is 1. The Morgan fingerprint density at radius 2 is 1.82 bits per heavy atom. The first kappa shape index (κ1) is 30.3. The van der Waals surface area contributed by atoms with E-state index in [0.29, 0.717) is 48.1 Å². The molecule has 6 rings (SSSR count). The van der Waals surface area contributed by atoms with Gasteiger partial charge in [-0.3, -0.25) is 0 Å². The van der Waals surface area contributed by atoms with Crippen LogP contribution in [0.25, 0.3) is 22.6 Å². The smallest absolute Gasteiger partial charge is 0.374 e. The molecule has 0 radical (unpaired) electrons. The normalized spacial score (nSPS) is 16.0. The molecule has 2 fully saturated rings. The Morgan fingerprint density at radius 3 is 2.50 bits per heavy atom. The van der Waals surface area contributed by atoms with E-state index in [9.17, 15) is 9.90 Å². The minimum Gasteiger partial charge on any atom is -0.493 e. The van der Waals surface area contributed by atoms with Crippen molar-refractivity contribution in [1.82, 2.24) is 29.3 Å². The van der Waals surface area contributed by atoms with Crippen molar-refractivity contribution in [2.45, 2.75) is 45.7 Å². The van der Waals surface area contributed by atoms with Crippen molar-refractivity contribution in [3.63, 3.8) is 0 Å². The summed E-state index contributed by atoms with van der Waals surface area (Å²) in [4.78, 5) is 33.2. The summed E-state index contributed by atoms with van der Waals surface area (Å²) < 4.78 is 8.54. The number of aromatic nitrogens is 4. The molecule has 0 atom stereocenters. The van der Waals surface area contributed by atoms with Crippen LogP contribution in [0.5, 0.6) is 5.75 Å². The summed E-state index contributed by atoms with van der Waals surface area (Å²) >= 11 is 6.22. The van der Waals surface area contributed by atoms with Crippen LogP contribution in [0.1, 0.15) is 47.9 Å². The van der Waals surface area contributed by atoms with Crippen molar-refractivity contribution in [1.29, 1.82) is 0 Å². The van der Waals surface area contributed by atoms with Gasteiger partial charge in [-0.2, -0.15) is 0 Å². The number of piperazine rings is 1. The van der Waals surface area contributed by atoms with Crippen molar-refractivity contribution in [2.24, 2.45) is 0 Å². The van der Waals surface area contributed by atoms with E-state index < -0.39 is 5.97 Å². The molecule has 3 heterocycles. The number of rotatable bonds is 12. The lowest BCUT2D eigenvalue weighted by atomic mass is 10.1. The summed E-state index contributed by atoms with van der Waals surface area (Å²) in [5, 5.41) is 10.6. The van der Waals surface area contributed by atoms with Gasteiger partial charge in [-0.25, -0.2) is 19.7 Å². The van der Waals surface area contributed by atoms with E-state index in [-0.39, 0.29) is 5.82 Å². The maximum Gasteiger partial charge on any atom is 0.374 e. The van der Waals surface area contributed by atoms with Crippen LogP contribution in [0.3, 0.4) is 0 Å². The van der Waals surface area contributed by atoms with E-state index in [1.807, 2.05) is 43.3 Å². The molecular formula is C33H40ClN7O3. The monoisotopic (exact) mass is 617 g/mol. The van der Waals surface area contributed by atoms with Crippen molar-refractivity contribution < 1.29 is 14.6 Å². The van der Waals surface area contributed by atoms with Crippen LogP contribution in [0.15, 0.2) is 42.5 Å². The summed E-state index contributed by atoms with van der Waals surface area (Å²) in [5.41, 5.74) is 4.02. The van der Waals surface area contributed by atoms with Crippen LogP contribution < -0.4 is 9.64 Å². The van der Waals surface area contributed by atoms with Gasteiger partial charge >= 0.3 is 5.97 Å². The number of likely N-dealkylation sites (N-methyl/N-ethyl adjacent to an activating group) is 1. The van der Waals surface area contributed by atoms with E-state index in [1.165, 1.54) is 0 Å². The summed E-state index contributed by atoms with van der Waals surface area (Å²) in [6.07, 6.45) is 3.01. The van der Waals surface area contributed by atoms with Crippen molar-refractivity contribution in [3.8, 4) is 17.1 Å². The topological polar surface area (TPSA) is 99.8 Å². The van der Waals surface area contributed by atoms with E-state index in [0.717, 1.165) is 79.9 Å². The molecule has 232 valence electrons. The third kappa shape index (κ3) is 6.67. The van der Waals surface area contributed by atoms with Gasteiger partial charge in [0.05, 0.1) is 12.2 Å². The van der Waals surface area contributed by atoms with Gasteiger partial charge in [-0.1, -0.05) is 35.4 Å². The van der Waals surface area contributed by atoms with E-state index in [1.54, 1.807) is 0 Å². The van der Waals surface area contributed by atoms with Gasteiger partial charge in [0.1, 0.15) is 17.1 Å². The highest BCUT2D eigenvalue weighted by atomic mass is 35.5. The lowest BCUT2D eigenvalue weighted by Crippen LogP contribution is -2.44. The standard InChI is InChI=1S/C33H40ClN7O3/c1-4-40(25-11-12-25)32-28-29(35-30(37-32)33(42)43)36-31(41(28)21-23-7-9-24(34)10-8-23)26-20-22(2)6-13-27(26)44-19-5-14-39-17-15-38(3)16-18-39/h6-10,13,20,25H,4-5,11-12,14-19,21H2,1-3H3,(H,42,43). The Kier molecular flexibility index (Phi) is 9.02. The number of carbonyl (C=O) groups is 1. The summed E-state index contributed by atoms with van der Waals surface area (Å²) in [5.74, 6) is 0.585. The largest absolute Gasteiger partial charge is 0.493 e. The number of nitrogens with zero attached hydrogens (tertiary/aromatic N) is 7. The van der Waals surface area contributed by atoms with Crippen LogP contribution in [0.2, 0.25) is 5.02 Å². The molecule has 2 aliphatic rings. The average Bonchev–Trinajstić information content (AvgIpc) is 3.79. The lowest BCUT2D eigenvalue weighted by Gasteiger charge is -2.32. The molecule has 0 bridgehead atoms. The number of imidazole rings is 1. The molecule has 0 spiro atoms. The highest BCUT2D eigenvalue weighted by Crippen LogP contribution is 2.39. The van der Waals surface area contributed by atoms with Gasteiger partial charge in [-0.05, 0) is 70.0 Å². The van der Waals surface area contributed by atoms with Crippen molar-refractivity contribution in [3.05, 3.63) is 64.4 Å². The number of carboxylic acid groups (broad SMARTS) is 1. The van der Waals surface area contributed by atoms with Crippen LogP contribution >= 0.6 is 11.6 Å². The second kappa shape index (κ2) is 13.1. The molecule has 1 aliphatic carbocycles. The van der Waals surface area contributed by atoms with Crippen LogP contribution in [-0.4, -0.2) is 99.4 Å². The SMILES string of the molecule is CCN(c1nc(C(=O)O)nc2nc(-c3cc(C)ccc3OCCCN3CCN(C)CC3)n(Cc3ccc(Cl)cc3)c12)C1CC1. The number of anilines is 1. The Balaban J connectivity index is 1.42. The number of ether oxygens (including phenoxy) is 1. The fraction of sp³-hybridized carbons (Fsp3) is 0.455. The first-order chi connectivity index (χ1) is 21.3. The highest BCUT2D eigenvalue weighted by Gasteiger charge is 2.33. The van der Waals surface area contributed by atoms with E-state index in [4.69, 9.17) is 21.3 Å². The molecule has 1 N–H and O–H groups in total. The predicted octanol–water partition coefficient (Wildman–Crippen LogP) is 5.21. The average molecular weight is 618 g/mol. The molecule has 10 nitrogen and oxygen atoms in total. The van der Waals surface area contributed by atoms with Crippen molar-refractivity contribution in [2.75, 3.05) is 57.8 Å². The molecule has 1 saturated carbocycles. The predicted molar refractivity (Wildman–Crippen MR) is 173 cm³/mol. The molecular weight excluding hydrogens is 578 g/mol. The Hall–Kier alpha value is -3.73. The fourth-order valence-electron chi connectivity index (χ4n) is 5.90. The Morgan fingerprint density at radius 1 is 1.07 bits per heavy atom. The van der Waals surface area contributed by atoms with Gasteiger partial charge in [-0.15, -0.1) is 0 Å². The minimum absolute atomic E-state index is 0.251. The zero-order valence-electron chi connectivity index (χ0n) is 25.7. The molecule has 44 heavy (non-hydrogen) atoms. The number of hydrogen-bond donors (Lipinski definition) is 1. The third-order valence-corrected chi connectivity index (χ3v) is 8.73. The molecule has 0 amide bonds. The molecule has 2 aromatic carbocycles. The quantitative estimate of drug-likeness (QED) is 0.215. The van der Waals surface area contributed by atoms with Crippen LogP contribution in [0, 0.1) is 6.92 Å². The molecule has 4 aromatic rings. The number of halogens is 1. The zero-order chi connectivity index (χ0) is 30.8. The van der Waals surface area contributed by atoms with Crippen LogP contribution in [-0.2, 0) is 6.54 Å². The first-order valence-corrected chi connectivity index (χ1v) is 15.9. The maximum atomic E-state index is 12.1. The number of hydrogen-bond acceptors (Lipinski definition) is 8. The maximum absolute atomic E-state index is 12.1.